The molecule has 0 saturated heterocycles. The van der Waals surface area contributed by atoms with Crippen LogP contribution < -0.4 is 16.0 Å². The molecule has 0 atom stereocenters. The molecule has 0 aliphatic carbocycles. The number of carbonyl (C=O) groups excluding carboxylic acids is 1. The average Bonchev–Trinajstić information content (AvgIpc) is 2.29. The fourth-order valence-electron chi connectivity index (χ4n) is 1.04. The summed E-state index contributed by atoms with van der Waals surface area (Å²) in [5.74, 6) is -0.0993. The van der Waals surface area contributed by atoms with Crippen LogP contribution in [0.1, 0.15) is 10.4 Å². The van der Waals surface area contributed by atoms with E-state index in [1.807, 2.05) is 0 Å². The number of amides is 1. The lowest BCUT2D eigenvalue weighted by atomic mass is 10.2. The van der Waals surface area contributed by atoms with Crippen molar-refractivity contribution in [3.63, 3.8) is 0 Å². The minimum Gasteiger partial charge on any atom is -0.366 e. The van der Waals surface area contributed by atoms with Gasteiger partial charge in [0.05, 0.1) is 0 Å². The van der Waals surface area contributed by atoms with Crippen LogP contribution in [0.25, 0.3) is 0 Å². The topological polar surface area (TPSA) is 53.2 Å². The first-order valence-electron chi connectivity index (χ1n) is 4.48. The third-order valence-electron chi connectivity index (χ3n) is 1.86. The maximum absolute atomic E-state index is 11.2. The number of hydrogen-bond acceptors (Lipinski definition) is 2. The molecular weight excluding hydrogens is 210 g/mol. The van der Waals surface area contributed by atoms with E-state index in [1.54, 1.807) is 38.4 Å². The number of hydrogen-bond donors (Lipinski definition) is 3. The minimum absolute atomic E-state index is 0.0993. The van der Waals surface area contributed by atoms with Crippen molar-refractivity contribution >= 4 is 28.9 Å². The van der Waals surface area contributed by atoms with Crippen LogP contribution in [0.3, 0.4) is 0 Å². The second-order valence-electron chi connectivity index (χ2n) is 2.86. The summed E-state index contributed by atoms with van der Waals surface area (Å²) >= 11 is 4.94. The van der Waals surface area contributed by atoms with Crippen molar-refractivity contribution in [1.29, 1.82) is 0 Å². The molecule has 0 spiro atoms. The summed E-state index contributed by atoms with van der Waals surface area (Å²) in [6.07, 6.45) is 0. The van der Waals surface area contributed by atoms with Gasteiger partial charge in [-0.2, -0.15) is 0 Å². The number of thiocarbonyl (C=S) groups is 1. The van der Waals surface area contributed by atoms with Gasteiger partial charge in [-0.1, -0.05) is 0 Å². The molecule has 1 aromatic rings. The van der Waals surface area contributed by atoms with Gasteiger partial charge in [0.15, 0.2) is 5.11 Å². The minimum atomic E-state index is -0.0993. The van der Waals surface area contributed by atoms with E-state index in [0.29, 0.717) is 10.7 Å². The van der Waals surface area contributed by atoms with E-state index in [-0.39, 0.29) is 5.91 Å². The van der Waals surface area contributed by atoms with Crippen LogP contribution in [0.2, 0.25) is 0 Å². The van der Waals surface area contributed by atoms with Gasteiger partial charge in [0.1, 0.15) is 0 Å². The lowest BCUT2D eigenvalue weighted by Gasteiger charge is -2.07. The van der Waals surface area contributed by atoms with Gasteiger partial charge < -0.3 is 16.0 Å². The maximum atomic E-state index is 11.2. The van der Waals surface area contributed by atoms with Crippen molar-refractivity contribution in [2.45, 2.75) is 0 Å². The highest BCUT2D eigenvalue weighted by Gasteiger charge is 2.02. The van der Waals surface area contributed by atoms with Crippen molar-refractivity contribution in [2.24, 2.45) is 0 Å². The number of anilines is 1. The summed E-state index contributed by atoms with van der Waals surface area (Å²) in [6.45, 7) is 0. The highest BCUT2D eigenvalue weighted by Crippen LogP contribution is 2.09. The van der Waals surface area contributed by atoms with Gasteiger partial charge in [0, 0.05) is 25.3 Å². The summed E-state index contributed by atoms with van der Waals surface area (Å²) in [6, 6.07) is 7.07. The Balaban J connectivity index is 2.72. The zero-order valence-corrected chi connectivity index (χ0v) is 9.44. The van der Waals surface area contributed by atoms with Gasteiger partial charge in [-0.15, -0.1) is 0 Å². The van der Waals surface area contributed by atoms with Gasteiger partial charge in [0.25, 0.3) is 5.91 Å². The van der Waals surface area contributed by atoms with Crippen LogP contribution in [0.4, 0.5) is 5.69 Å². The van der Waals surface area contributed by atoms with Crippen molar-refractivity contribution in [3.8, 4) is 0 Å². The predicted molar refractivity (Wildman–Crippen MR) is 65.1 cm³/mol. The molecule has 4 nitrogen and oxygen atoms in total. The maximum Gasteiger partial charge on any atom is 0.251 e. The molecule has 0 aliphatic rings. The molecule has 0 aliphatic heterocycles. The summed E-state index contributed by atoms with van der Waals surface area (Å²) in [7, 11) is 3.35. The quantitative estimate of drug-likeness (QED) is 0.654. The van der Waals surface area contributed by atoms with Gasteiger partial charge in [0.2, 0.25) is 0 Å². The molecule has 1 amide bonds. The molecule has 15 heavy (non-hydrogen) atoms. The fourth-order valence-corrected chi connectivity index (χ4v) is 1.16. The summed E-state index contributed by atoms with van der Waals surface area (Å²) in [4.78, 5) is 11.2. The highest BCUT2D eigenvalue weighted by atomic mass is 32.1. The second-order valence-corrected chi connectivity index (χ2v) is 3.27. The monoisotopic (exact) mass is 223 g/mol. The van der Waals surface area contributed by atoms with Gasteiger partial charge in [-0.25, -0.2) is 0 Å². The standard InChI is InChI=1S/C10H13N3OS/c1-11-9(14)7-3-5-8(6-4-7)13-10(15)12-2/h3-6H,1-2H3,(H,11,14)(H2,12,13,15). The summed E-state index contributed by atoms with van der Waals surface area (Å²) in [5, 5.41) is 8.87. The van der Waals surface area contributed by atoms with Crippen molar-refractivity contribution in [3.05, 3.63) is 29.8 Å². The molecule has 3 N–H and O–H groups in total. The van der Waals surface area contributed by atoms with E-state index < -0.39 is 0 Å². The molecule has 0 unspecified atom stereocenters. The Kier molecular flexibility index (Phi) is 4.05. The van der Waals surface area contributed by atoms with Crippen LogP contribution in [0.15, 0.2) is 24.3 Å². The van der Waals surface area contributed by atoms with Gasteiger partial charge in [-0.05, 0) is 36.5 Å². The first-order chi connectivity index (χ1) is 7.17. The zero-order chi connectivity index (χ0) is 11.3. The summed E-state index contributed by atoms with van der Waals surface area (Å²) in [5.41, 5.74) is 1.47. The average molecular weight is 223 g/mol. The molecule has 0 radical (unpaired) electrons. The van der Waals surface area contributed by atoms with Gasteiger partial charge >= 0.3 is 0 Å². The predicted octanol–water partition coefficient (Wildman–Crippen LogP) is 0.962. The second kappa shape index (κ2) is 5.31. The molecule has 0 heterocycles. The highest BCUT2D eigenvalue weighted by molar-refractivity contribution is 7.80. The zero-order valence-electron chi connectivity index (χ0n) is 8.63. The van der Waals surface area contributed by atoms with E-state index >= 15 is 0 Å². The van der Waals surface area contributed by atoms with Crippen LogP contribution in [0, 0.1) is 0 Å². The molecule has 0 saturated carbocycles. The molecule has 80 valence electrons. The molecule has 0 fully saturated rings. The Morgan fingerprint density at radius 3 is 2.20 bits per heavy atom. The number of benzene rings is 1. The van der Waals surface area contributed by atoms with Gasteiger partial charge in [-0.3, -0.25) is 4.79 Å². The van der Waals surface area contributed by atoms with Crippen LogP contribution in [-0.4, -0.2) is 25.1 Å². The van der Waals surface area contributed by atoms with E-state index in [1.165, 1.54) is 0 Å². The Morgan fingerprint density at radius 1 is 1.13 bits per heavy atom. The molecule has 5 heteroatoms. The molecule has 1 rings (SSSR count). The smallest absolute Gasteiger partial charge is 0.251 e. The Bertz CT molecular complexity index is 361. The van der Waals surface area contributed by atoms with Crippen LogP contribution in [-0.2, 0) is 0 Å². The van der Waals surface area contributed by atoms with E-state index in [9.17, 15) is 4.79 Å². The van der Waals surface area contributed by atoms with Crippen molar-refractivity contribution in [1.82, 2.24) is 10.6 Å². The Hall–Kier alpha value is -1.62. The van der Waals surface area contributed by atoms with E-state index in [0.717, 1.165) is 5.69 Å². The number of carbonyl (C=O) groups is 1. The SMILES string of the molecule is CNC(=O)c1ccc(NC(=S)NC)cc1. The van der Waals surface area contributed by atoms with Crippen LogP contribution >= 0.6 is 12.2 Å². The summed E-state index contributed by atoms with van der Waals surface area (Å²) < 4.78 is 0. The number of rotatable bonds is 2. The molecule has 0 aromatic heterocycles. The third kappa shape index (κ3) is 3.21. The normalized spacial score (nSPS) is 9.20. The van der Waals surface area contributed by atoms with Crippen LogP contribution in [0.5, 0.6) is 0 Å². The first-order valence-corrected chi connectivity index (χ1v) is 4.89. The molecular formula is C10H13N3OS. The lowest BCUT2D eigenvalue weighted by Crippen LogP contribution is -2.24. The lowest BCUT2D eigenvalue weighted by molar-refractivity contribution is 0.0963. The molecule has 1 aromatic carbocycles. The fraction of sp³-hybridized carbons (Fsp3) is 0.200. The van der Waals surface area contributed by atoms with E-state index in [2.05, 4.69) is 16.0 Å². The Labute approximate surface area is 94.1 Å². The molecule has 0 bridgehead atoms. The van der Waals surface area contributed by atoms with Crippen molar-refractivity contribution in [2.75, 3.05) is 19.4 Å². The Morgan fingerprint density at radius 2 is 1.73 bits per heavy atom. The largest absolute Gasteiger partial charge is 0.366 e. The number of nitrogens with one attached hydrogen (secondary N) is 3. The van der Waals surface area contributed by atoms with E-state index in [4.69, 9.17) is 12.2 Å². The first kappa shape index (κ1) is 11.5. The van der Waals surface area contributed by atoms with Crippen molar-refractivity contribution < 1.29 is 4.79 Å². The third-order valence-corrected chi connectivity index (χ3v) is 2.17.